The van der Waals surface area contributed by atoms with Crippen LogP contribution in [0, 0.1) is 6.92 Å². The summed E-state index contributed by atoms with van der Waals surface area (Å²) in [6, 6.07) is 7.88. The normalized spacial score (nSPS) is 14.2. The molecule has 0 unspecified atom stereocenters. The van der Waals surface area contributed by atoms with Gasteiger partial charge in [0.05, 0.1) is 13.2 Å². The molecule has 0 bridgehead atoms. The average molecular weight is 449 g/mol. The number of aryl methyl sites for hydroxylation is 1. The minimum Gasteiger partial charge on any atom is -0.378 e. The van der Waals surface area contributed by atoms with Crippen molar-refractivity contribution >= 4 is 27.8 Å². The fourth-order valence-electron chi connectivity index (χ4n) is 3.19. The molecule has 150 valence electrons. The Hall–Kier alpha value is -2.19. The Morgan fingerprint density at radius 3 is 2.61 bits per heavy atom. The maximum absolute atomic E-state index is 12.5. The van der Waals surface area contributed by atoms with Crippen molar-refractivity contribution in [2.75, 3.05) is 38.3 Å². The molecule has 1 aliphatic heterocycles. The number of hydrogen-bond acceptors (Lipinski definition) is 5. The van der Waals surface area contributed by atoms with E-state index in [1.54, 1.807) is 11.9 Å². The van der Waals surface area contributed by atoms with Crippen LogP contribution in [0.1, 0.15) is 23.2 Å². The average Bonchev–Trinajstić information content (AvgIpc) is 2.69. The van der Waals surface area contributed by atoms with Gasteiger partial charge in [-0.1, -0.05) is 28.1 Å². The summed E-state index contributed by atoms with van der Waals surface area (Å²) in [6.07, 6.45) is 0.649. The monoisotopic (exact) mass is 448 g/mol. The fraction of sp³-hybridized carbons (Fsp3) is 0.450. The number of H-pyrrole nitrogens is 1. The van der Waals surface area contributed by atoms with E-state index < -0.39 is 0 Å². The van der Waals surface area contributed by atoms with E-state index in [4.69, 9.17) is 4.74 Å². The molecular formula is C20H25BrN4O3. The van der Waals surface area contributed by atoms with Gasteiger partial charge in [0, 0.05) is 48.8 Å². The van der Waals surface area contributed by atoms with Gasteiger partial charge in [-0.15, -0.1) is 0 Å². The number of rotatable bonds is 6. The number of hydrogen-bond donors (Lipinski definition) is 1. The summed E-state index contributed by atoms with van der Waals surface area (Å²) in [4.78, 5) is 36.1. The molecule has 2 heterocycles. The van der Waals surface area contributed by atoms with Crippen molar-refractivity contribution in [3.63, 3.8) is 0 Å². The third-order valence-corrected chi connectivity index (χ3v) is 5.40. The number of aromatic amines is 1. The summed E-state index contributed by atoms with van der Waals surface area (Å²) in [7, 11) is 1.78. The number of ether oxygens (including phenoxy) is 1. The SMILES string of the molecule is Cc1nc(N2CCOCC2)[nH]c(=O)c1CCC(=O)N(C)Cc1ccc(Br)cc1. The zero-order chi connectivity index (χ0) is 20.1. The molecule has 0 saturated carbocycles. The molecule has 7 nitrogen and oxygen atoms in total. The van der Waals surface area contributed by atoms with E-state index in [0.717, 1.165) is 10.0 Å². The van der Waals surface area contributed by atoms with Gasteiger partial charge in [0.15, 0.2) is 0 Å². The van der Waals surface area contributed by atoms with Crippen LogP contribution < -0.4 is 10.5 Å². The number of benzene rings is 1. The molecule has 28 heavy (non-hydrogen) atoms. The predicted molar refractivity (Wildman–Crippen MR) is 112 cm³/mol. The second-order valence-corrected chi connectivity index (χ2v) is 7.84. The minimum atomic E-state index is -0.169. The summed E-state index contributed by atoms with van der Waals surface area (Å²) in [5.41, 5.74) is 2.14. The van der Waals surface area contributed by atoms with E-state index in [9.17, 15) is 9.59 Å². The Bertz CT molecular complexity index is 876. The zero-order valence-electron chi connectivity index (χ0n) is 16.2. The highest BCUT2D eigenvalue weighted by Gasteiger charge is 2.17. The van der Waals surface area contributed by atoms with Crippen molar-refractivity contribution in [2.24, 2.45) is 0 Å². The van der Waals surface area contributed by atoms with Crippen LogP contribution >= 0.6 is 15.9 Å². The molecule has 1 aromatic heterocycles. The first-order chi connectivity index (χ1) is 13.4. The van der Waals surface area contributed by atoms with E-state index in [0.29, 0.717) is 56.5 Å². The van der Waals surface area contributed by atoms with Crippen molar-refractivity contribution in [1.82, 2.24) is 14.9 Å². The van der Waals surface area contributed by atoms with Gasteiger partial charge in [-0.05, 0) is 31.0 Å². The molecule has 2 aromatic rings. The second-order valence-electron chi connectivity index (χ2n) is 6.93. The molecule has 0 radical (unpaired) electrons. The Balaban J connectivity index is 1.60. The van der Waals surface area contributed by atoms with Gasteiger partial charge in [0.1, 0.15) is 0 Å². The zero-order valence-corrected chi connectivity index (χ0v) is 17.8. The molecule has 1 saturated heterocycles. The van der Waals surface area contributed by atoms with Gasteiger partial charge in [0.2, 0.25) is 11.9 Å². The molecule has 0 aliphatic carbocycles. The highest BCUT2D eigenvalue weighted by atomic mass is 79.9. The van der Waals surface area contributed by atoms with E-state index in [1.165, 1.54) is 0 Å². The quantitative estimate of drug-likeness (QED) is 0.732. The van der Waals surface area contributed by atoms with Crippen molar-refractivity contribution in [3.8, 4) is 0 Å². The van der Waals surface area contributed by atoms with Crippen LogP contribution in [0.3, 0.4) is 0 Å². The van der Waals surface area contributed by atoms with Crippen LogP contribution in [-0.4, -0.2) is 54.1 Å². The Morgan fingerprint density at radius 1 is 1.29 bits per heavy atom. The standard InChI is InChI=1S/C20H25BrN4O3/c1-14-17(19(27)23-20(22-14)25-9-11-28-12-10-25)7-8-18(26)24(2)13-15-3-5-16(21)6-4-15/h3-6H,7-13H2,1-2H3,(H,22,23,27). The van der Waals surface area contributed by atoms with Gasteiger partial charge in [-0.25, -0.2) is 4.98 Å². The molecule has 0 atom stereocenters. The first-order valence-corrected chi connectivity index (χ1v) is 10.1. The number of amides is 1. The smallest absolute Gasteiger partial charge is 0.255 e. The number of halogens is 1. The Kier molecular flexibility index (Phi) is 6.85. The highest BCUT2D eigenvalue weighted by molar-refractivity contribution is 9.10. The summed E-state index contributed by atoms with van der Waals surface area (Å²) in [5.74, 6) is 0.576. The van der Waals surface area contributed by atoms with Crippen molar-refractivity contribution in [1.29, 1.82) is 0 Å². The van der Waals surface area contributed by atoms with Crippen LogP contribution in [0.5, 0.6) is 0 Å². The maximum Gasteiger partial charge on any atom is 0.255 e. The fourth-order valence-corrected chi connectivity index (χ4v) is 3.45. The lowest BCUT2D eigenvalue weighted by Crippen LogP contribution is -2.38. The van der Waals surface area contributed by atoms with Gasteiger partial charge >= 0.3 is 0 Å². The molecule has 1 amide bonds. The Morgan fingerprint density at radius 2 is 1.96 bits per heavy atom. The molecule has 1 aliphatic rings. The lowest BCUT2D eigenvalue weighted by Gasteiger charge is -2.27. The molecule has 1 aromatic carbocycles. The van der Waals surface area contributed by atoms with Crippen LogP contribution in [0.2, 0.25) is 0 Å². The number of aromatic nitrogens is 2. The van der Waals surface area contributed by atoms with Gasteiger partial charge in [-0.2, -0.15) is 0 Å². The van der Waals surface area contributed by atoms with Gasteiger partial charge < -0.3 is 14.5 Å². The number of anilines is 1. The van der Waals surface area contributed by atoms with Crippen LogP contribution in [0.15, 0.2) is 33.5 Å². The third kappa shape index (κ3) is 5.20. The van der Waals surface area contributed by atoms with Crippen LogP contribution in [0.4, 0.5) is 5.95 Å². The first-order valence-electron chi connectivity index (χ1n) is 9.35. The number of nitrogens with zero attached hydrogens (tertiary/aromatic N) is 3. The number of nitrogens with one attached hydrogen (secondary N) is 1. The lowest BCUT2D eigenvalue weighted by atomic mass is 10.1. The number of carbonyl (C=O) groups excluding carboxylic acids is 1. The van der Waals surface area contributed by atoms with Gasteiger partial charge in [0.25, 0.3) is 5.56 Å². The van der Waals surface area contributed by atoms with Crippen LogP contribution in [0.25, 0.3) is 0 Å². The second kappa shape index (κ2) is 9.34. The lowest BCUT2D eigenvalue weighted by molar-refractivity contribution is -0.130. The van der Waals surface area contributed by atoms with Crippen molar-refractivity contribution in [3.05, 3.63) is 55.9 Å². The summed E-state index contributed by atoms with van der Waals surface area (Å²) in [5, 5.41) is 0. The molecule has 3 rings (SSSR count). The minimum absolute atomic E-state index is 0.000949. The predicted octanol–water partition coefficient (Wildman–Crippen LogP) is 2.27. The summed E-state index contributed by atoms with van der Waals surface area (Å²) < 4.78 is 6.34. The van der Waals surface area contributed by atoms with E-state index in [1.807, 2.05) is 36.1 Å². The maximum atomic E-state index is 12.5. The highest BCUT2D eigenvalue weighted by Crippen LogP contribution is 2.14. The van der Waals surface area contributed by atoms with E-state index >= 15 is 0 Å². The first kappa shape index (κ1) is 20.5. The van der Waals surface area contributed by atoms with Crippen molar-refractivity contribution < 1.29 is 9.53 Å². The van der Waals surface area contributed by atoms with Crippen molar-refractivity contribution in [2.45, 2.75) is 26.3 Å². The molecule has 8 heteroatoms. The van der Waals surface area contributed by atoms with Crippen LogP contribution in [-0.2, 0) is 22.5 Å². The van der Waals surface area contributed by atoms with E-state index in [2.05, 4.69) is 25.9 Å². The molecular weight excluding hydrogens is 424 g/mol. The van der Waals surface area contributed by atoms with Gasteiger partial charge in [-0.3, -0.25) is 14.6 Å². The topological polar surface area (TPSA) is 78.5 Å². The summed E-state index contributed by atoms with van der Waals surface area (Å²) >= 11 is 3.41. The molecule has 1 N–H and O–H groups in total. The molecule has 1 fully saturated rings. The number of morpholine rings is 1. The number of carbonyl (C=O) groups is 1. The third-order valence-electron chi connectivity index (χ3n) is 4.87. The Labute approximate surface area is 172 Å². The van der Waals surface area contributed by atoms with E-state index in [-0.39, 0.29) is 17.9 Å². The largest absolute Gasteiger partial charge is 0.378 e. The molecule has 0 spiro atoms. The summed E-state index contributed by atoms with van der Waals surface area (Å²) in [6.45, 7) is 5.04.